The fraction of sp³-hybridized carbons (Fsp3) is 0.286. The van der Waals surface area contributed by atoms with Crippen LogP contribution >= 0.6 is 0 Å². The smallest absolute Gasteiger partial charge is 0.328 e. The molecular weight excluding hydrogens is 344 g/mol. The standard InChI is InChI=1S/C21H24N2O4/c1-2-27-21(26)19(14-17-11-7-4-8-12-17)23-20(25)18(22-15-24)13-16-9-5-3-6-10-16/h3-12,15,18-19H,2,13-14H2,1H3,(H,22,24)(H,23,25)/t18-,19-/m0/s1. The van der Waals surface area contributed by atoms with E-state index in [2.05, 4.69) is 10.6 Å². The number of hydrogen-bond donors (Lipinski definition) is 2. The monoisotopic (exact) mass is 368 g/mol. The zero-order valence-corrected chi connectivity index (χ0v) is 15.3. The van der Waals surface area contributed by atoms with E-state index < -0.39 is 24.0 Å². The van der Waals surface area contributed by atoms with Gasteiger partial charge in [0, 0.05) is 12.8 Å². The molecule has 0 saturated carbocycles. The second kappa shape index (κ2) is 10.8. The van der Waals surface area contributed by atoms with Crippen molar-refractivity contribution in [1.82, 2.24) is 10.6 Å². The summed E-state index contributed by atoms with van der Waals surface area (Å²) in [5.41, 5.74) is 1.81. The summed E-state index contributed by atoms with van der Waals surface area (Å²) in [6.07, 6.45) is 1.13. The van der Waals surface area contributed by atoms with Crippen molar-refractivity contribution in [2.24, 2.45) is 0 Å². The van der Waals surface area contributed by atoms with Crippen LogP contribution in [0.2, 0.25) is 0 Å². The molecule has 27 heavy (non-hydrogen) atoms. The fourth-order valence-electron chi connectivity index (χ4n) is 2.72. The molecule has 0 aromatic heterocycles. The maximum Gasteiger partial charge on any atom is 0.328 e. The van der Waals surface area contributed by atoms with E-state index in [9.17, 15) is 14.4 Å². The minimum absolute atomic E-state index is 0.222. The molecule has 0 fully saturated rings. The van der Waals surface area contributed by atoms with Crippen molar-refractivity contribution in [1.29, 1.82) is 0 Å². The van der Waals surface area contributed by atoms with Crippen LogP contribution < -0.4 is 10.6 Å². The van der Waals surface area contributed by atoms with E-state index in [0.717, 1.165) is 11.1 Å². The first-order valence-corrected chi connectivity index (χ1v) is 8.88. The van der Waals surface area contributed by atoms with Crippen LogP contribution in [0.15, 0.2) is 60.7 Å². The molecule has 0 radical (unpaired) electrons. The molecule has 2 rings (SSSR count). The largest absolute Gasteiger partial charge is 0.464 e. The molecule has 2 N–H and O–H groups in total. The number of ether oxygens (including phenoxy) is 1. The highest BCUT2D eigenvalue weighted by Crippen LogP contribution is 2.07. The Labute approximate surface area is 158 Å². The highest BCUT2D eigenvalue weighted by Gasteiger charge is 2.26. The fourth-order valence-corrected chi connectivity index (χ4v) is 2.72. The molecule has 0 unspecified atom stereocenters. The van der Waals surface area contributed by atoms with E-state index >= 15 is 0 Å². The molecule has 0 aliphatic rings. The van der Waals surface area contributed by atoms with Gasteiger partial charge >= 0.3 is 5.97 Å². The molecule has 2 aromatic carbocycles. The van der Waals surface area contributed by atoms with Gasteiger partial charge < -0.3 is 15.4 Å². The average Bonchev–Trinajstić information content (AvgIpc) is 2.69. The highest BCUT2D eigenvalue weighted by atomic mass is 16.5. The molecule has 0 aliphatic heterocycles. The lowest BCUT2D eigenvalue weighted by atomic mass is 10.0. The van der Waals surface area contributed by atoms with Crippen molar-refractivity contribution < 1.29 is 19.1 Å². The first-order chi connectivity index (χ1) is 13.1. The molecule has 0 spiro atoms. The Morgan fingerprint density at radius 3 is 1.93 bits per heavy atom. The summed E-state index contributed by atoms with van der Waals surface area (Å²) in [6.45, 7) is 1.94. The van der Waals surface area contributed by atoms with Crippen LogP contribution in [0.3, 0.4) is 0 Å². The number of benzene rings is 2. The molecule has 6 nitrogen and oxygen atoms in total. The van der Waals surface area contributed by atoms with Gasteiger partial charge in [0.1, 0.15) is 12.1 Å². The minimum Gasteiger partial charge on any atom is -0.464 e. The Hall–Kier alpha value is -3.15. The summed E-state index contributed by atoms with van der Waals surface area (Å²) in [6, 6.07) is 17.1. The van der Waals surface area contributed by atoms with E-state index in [1.165, 1.54) is 0 Å². The van der Waals surface area contributed by atoms with Crippen LogP contribution in [0.25, 0.3) is 0 Å². The van der Waals surface area contributed by atoms with Gasteiger partial charge in [0.15, 0.2) is 0 Å². The van der Waals surface area contributed by atoms with E-state index in [-0.39, 0.29) is 6.61 Å². The lowest BCUT2D eigenvalue weighted by Gasteiger charge is -2.21. The normalized spacial score (nSPS) is 12.5. The van der Waals surface area contributed by atoms with Gasteiger partial charge in [0.2, 0.25) is 12.3 Å². The van der Waals surface area contributed by atoms with Gasteiger partial charge in [-0.2, -0.15) is 0 Å². The zero-order valence-electron chi connectivity index (χ0n) is 15.3. The second-order valence-corrected chi connectivity index (χ2v) is 6.03. The van der Waals surface area contributed by atoms with Crippen LogP contribution in [0.1, 0.15) is 18.1 Å². The number of amides is 2. The van der Waals surface area contributed by atoms with E-state index in [4.69, 9.17) is 4.74 Å². The molecule has 2 amide bonds. The van der Waals surface area contributed by atoms with Gasteiger partial charge in [-0.3, -0.25) is 9.59 Å². The molecule has 0 heterocycles. The lowest BCUT2D eigenvalue weighted by molar-refractivity contribution is -0.147. The number of nitrogens with one attached hydrogen (secondary N) is 2. The van der Waals surface area contributed by atoms with E-state index in [0.29, 0.717) is 19.3 Å². The molecule has 0 saturated heterocycles. The van der Waals surface area contributed by atoms with Gasteiger partial charge in [0.05, 0.1) is 6.61 Å². The van der Waals surface area contributed by atoms with Gasteiger partial charge in [-0.05, 0) is 18.1 Å². The first kappa shape index (κ1) is 20.2. The van der Waals surface area contributed by atoms with Crippen LogP contribution in [-0.2, 0) is 32.0 Å². The summed E-state index contributed by atoms with van der Waals surface area (Å²) in [5, 5.41) is 5.25. The van der Waals surface area contributed by atoms with Crippen molar-refractivity contribution >= 4 is 18.3 Å². The van der Waals surface area contributed by atoms with Gasteiger partial charge in [-0.25, -0.2) is 4.79 Å². The van der Waals surface area contributed by atoms with Crippen molar-refractivity contribution in [3.05, 3.63) is 71.8 Å². The predicted molar refractivity (Wildman–Crippen MR) is 102 cm³/mol. The molecule has 6 heteroatoms. The van der Waals surface area contributed by atoms with Crippen LogP contribution in [0, 0.1) is 0 Å². The molecular formula is C21H24N2O4. The summed E-state index contributed by atoms with van der Waals surface area (Å²) in [7, 11) is 0. The Bertz CT molecular complexity index is 734. The maximum absolute atomic E-state index is 12.7. The molecule has 142 valence electrons. The third kappa shape index (κ3) is 6.58. The topological polar surface area (TPSA) is 84.5 Å². The van der Waals surface area contributed by atoms with Gasteiger partial charge in [-0.1, -0.05) is 60.7 Å². The molecule has 0 aliphatic carbocycles. The second-order valence-electron chi connectivity index (χ2n) is 6.03. The number of rotatable bonds is 10. The van der Waals surface area contributed by atoms with E-state index in [1.54, 1.807) is 6.92 Å². The quantitative estimate of drug-likeness (QED) is 0.493. The van der Waals surface area contributed by atoms with Crippen molar-refractivity contribution in [2.75, 3.05) is 6.61 Å². The summed E-state index contributed by atoms with van der Waals surface area (Å²) >= 11 is 0. The SMILES string of the molecule is CCOC(=O)[C@H](Cc1ccccc1)NC(=O)[C@H](Cc1ccccc1)NC=O. The lowest BCUT2D eigenvalue weighted by Crippen LogP contribution is -2.52. The first-order valence-electron chi connectivity index (χ1n) is 8.88. The molecule has 2 aromatic rings. The Kier molecular flexibility index (Phi) is 8.03. The third-order valence-corrected chi connectivity index (χ3v) is 4.04. The van der Waals surface area contributed by atoms with Crippen LogP contribution in [0.4, 0.5) is 0 Å². The summed E-state index contributed by atoms with van der Waals surface area (Å²) in [5.74, 6) is -0.931. The number of carbonyl (C=O) groups excluding carboxylic acids is 3. The highest BCUT2D eigenvalue weighted by molar-refractivity contribution is 5.89. The van der Waals surface area contributed by atoms with E-state index in [1.807, 2.05) is 60.7 Å². The molecule has 0 bridgehead atoms. The van der Waals surface area contributed by atoms with Crippen molar-refractivity contribution in [3.8, 4) is 0 Å². The van der Waals surface area contributed by atoms with Gasteiger partial charge in [-0.15, -0.1) is 0 Å². The zero-order chi connectivity index (χ0) is 19.5. The number of carbonyl (C=O) groups is 3. The average molecular weight is 368 g/mol. The summed E-state index contributed by atoms with van der Waals surface area (Å²) in [4.78, 5) is 35.9. The number of esters is 1. The van der Waals surface area contributed by atoms with Crippen molar-refractivity contribution in [3.63, 3.8) is 0 Å². The Balaban J connectivity index is 2.10. The Morgan fingerprint density at radius 2 is 1.44 bits per heavy atom. The third-order valence-electron chi connectivity index (χ3n) is 4.04. The minimum atomic E-state index is -0.827. The van der Waals surface area contributed by atoms with Crippen molar-refractivity contribution in [2.45, 2.75) is 31.8 Å². The predicted octanol–water partition coefficient (Wildman–Crippen LogP) is 1.63. The molecule has 2 atom stereocenters. The maximum atomic E-state index is 12.7. The van der Waals surface area contributed by atoms with Crippen LogP contribution in [-0.4, -0.2) is 37.0 Å². The van der Waals surface area contributed by atoms with Crippen LogP contribution in [0.5, 0.6) is 0 Å². The van der Waals surface area contributed by atoms with Gasteiger partial charge in [0.25, 0.3) is 0 Å². The Morgan fingerprint density at radius 1 is 0.926 bits per heavy atom. The summed E-state index contributed by atoms with van der Waals surface area (Å²) < 4.78 is 5.09. The number of hydrogen-bond acceptors (Lipinski definition) is 4.